The van der Waals surface area contributed by atoms with Crippen molar-refractivity contribution in [3.63, 3.8) is 0 Å². The third kappa shape index (κ3) is 6.17. The third-order valence-corrected chi connectivity index (χ3v) is 8.54. The molecule has 1 aliphatic rings. The number of ether oxygens (including phenoxy) is 1. The Hall–Kier alpha value is -4.64. The molecule has 1 fully saturated rings. The first-order valence-electron chi connectivity index (χ1n) is 13.1. The van der Waals surface area contributed by atoms with Crippen LogP contribution >= 0.6 is 0 Å². The fourth-order valence-corrected chi connectivity index (χ4v) is 6.19. The van der Waals surface area contributed by atoms with Gasteiger partial charge < -0.3 is 19.8 Å². The average molecular weight is 656 g/mol. The van der Waals surface area contributed by atoms with Crippen LogP contribution in [0, 0.1) is 17.5 Å². The summed E-state index contributed by atoms with van der Waals surface area (Å²) < 4.78 is 114. The number of carbonyl (C=O) groups is 1. The molecule has 1 N–H and O–H groups in total. The first-order valence-corrected chi connectivity index (χ1v) is 14.6. The van der Waals surface area contributed by atoms with Crippen LogP contribution in [0.15, 0.2) is 59.8 Å². The molecule has 3 heterocycles. The summed E-state index contributed by atoms with van der Waals surface area (Å²) in [6.07, 6.45) is -2.90. The fraction of sp³-hybridized carbons (Fsp3) is 0.250. The second-order valence-corrected chi connectivity index (χ2v) is 11.6. The smallest absolute Gasteiger partial charge is 0.479 e. The number of benzene rings is 2. The lowest BCUT2D eigenvalue weighted by atomic mass is 10.0. The van der Waals surface area contributed by atoms with Crippen molar-refractivity contribution in [3.8, 4) is 17.0 Å². The molecule has 10 nitrogen and oxygen atoms in total. The van der Waals surface area contributed by atoms with Crippen LogP contribution in [0.25, 0.3) is 22.0 Å². The number of methoxy groups -OCH3 is 1. The number of rotatable bonds is 7. The summed E-state index contributed by atoms with van der Waals surface area (Å²) in [6, 6.07) is 7.80. The van der Waals surface area contributed by atoms with Gasteiger partial charge >= 0.3 is 22.2 Å². The molecule has 0 unspecified atom stereocenters. The van der Waals surface area contributed by atoms with Crippen molar-refractivity contribution < 1.29 is 49.1 Å². The predicted octanol–water partition coefficient (Wildman–Crippen LogP) is 4.74. The Bertz CT molecular complexity index is 1870. The van der Waals surface area contributed by atoms with Crippen LogP contribution in [0.3, 0.4) is 0 Å². The minimum atomic E-state index is -5.85. The normalized spacial score (nSPS) is 15.6. The Morgan fingerprint density at radius 2 is 1.76 bits per heavy atom. The lowest BCUT2D eigenvalue weighted by molar-refractivity contribution is -0.199. The summed E-state index contributed by atoms with van der Waals surface area (Å²) in [7, 11) is -4.87. The van der Waals surface area contributed by atoms with E-state index in [4.69, 9.17) is 4.74 Å². The van der Waals surface area contributed by atoms with Crippen molar-refractivity contribution in [2.75, 3.05) is 36.1 Å². The van der Waals surface area contributed by atoms with Crippen LogP contribution in [0.1, 0.15) is 6.92 Å². The summed E-state index contributed by atoms with van der Waals surface area (Å²) in [5.74, 6) is -9.25. The molecule has 0 bridgehead atoms. The van der Waals surface area contributed by atoms with Gasteiger partial charge in [0.25, 0.3) is 0 Å². The monoisotopic (exact) mass is 655 g/mol. The zero-order valence-corrected chi connectivity index (χ0v) is 24.2. The predicted molar refractivity (Wildman–Crippen MR) is 149 cm³/mol. The molecule has 238 valence electrons. The van der Waals surface area contributed by atoms with Gasteiger partial charge in [-0.1, -0.05) is 10.5 Å². The maximum Gasteiger partial charge on any atom is 0.493 e. The summed E-state index contributed by atoms with van der Waals surface area (Å²) in [5, 5.41) is 3.99. The van der Waals surface area contributed by atoms with Gasteiger partial charge in [0, 0.05) is 66.8 Å². The summed E-state index contributed by atoms with van der Waals surface area (Å²) in [6.45, 7) is 4.18. The molecule has 2 aromatic carbocycles. The third-order valence-electron chi connectivity index (χ3n) is 6.92. The van der Waals surface area contributed by atoms with E-state index in [9.17, 15) is 39.6 Å². The molecule has 0 saturated carbocycles. The number of piperazine rings is 1. The second-order valence-electron chi connectivity index (χ2n) is 9.87. The number of hydrogen-bond acceptors (Lipinski definition) is 9. The highest BCUT2D eigenvalue weighted by atomic mass is 32.2. The van der Waals surface area contributed by atoms with Gasteiger partial charge in [-0.05, 0) is 36.8 Å². The topological polar surface area (TPSA) is 114 Å². The Morgan fingerprint density at radius 1 is 1.04 bits per heavy atom. The molecule has 5 rings (SSSR count). The van der Waals surface area contributed by atoms with E-state index in [0.29, 0.717) is 23.0 Å². The van der Waals surface area contributed by atoms with Gasteiger partial charge in [-0.2, -0.15) is 21.6 Å². The van der Waals surface area contributed by atoms with Gasteiger partial charge in [-0.25, -0.2) is 22.9 Å². The largest absolute Gasteiger partial charge is 0.493 e. The van der Waals surface area contributed by atoms with Gasteiger partial charge in [0.1, 0.15) is 17.5 Å². The van der Waals surface area contributed by atoms with Crippen molar-refractivity contribution >= 4 is 38.3 Å². The number of alkyl halides is 3. The number of halogens is 6. The van der Waals surface area contributed by atoms with Crippen molar-refractivity contribution in [1.29, 1.82) is 0 Å². The Kier molecular flexibility index (Phi) is 8.50. The highest BCUT2D eigenvalue weighted by molar-refractivity contribution is 7.92. The lowest BCUT2D eigenvalue weighted by Gasteiger charge is -2.36. The number of hydrogen-bond donors (Lipinski definition) is 1. The fourth-order valence-electron chi connectivity index (χ4n) is 4.86. The maximum absolute atomic E-state index is 14.6. The minimum absolute atomic E-state index is 0.00835. The zero-order valence-electron chi connectivity index (χ0n) is 23.4. The highest BCUT2D eigenvalue weighted by Crippen LogP contribution is 2.38. The van der Waals surface area contributed by atoms with E-state index in [1.54, 1.807) is 24.4 Å². The first kappa shape index (κ1) is 31.8. The molecule has 1 saturated heterocycles. The van der Waals surface area contributed by atoms with Crippen molar-refractivity contribution in [2.24, 2.45) is 0 Å². The lowest BCUT2D eigenvalue weighted by Crippen LogP contribution is -2.50. The molecule has 2 aromatic heterocycles. The molecular weight excluding hydrogens is 632 g/mol. The molecule has 45 heavy (non-hydrogen) atoms. The number of aromatic nitrogens is 2. The maximum atomic E-state index is 14.6. The second kappa shape index (κ2) is 12.0. The van der Waals surface area contributed by atoms with E-state index in [1.165, 1.54) is 6.20 Å². The molecule has 0 radical (unpaired) electrons. The highest BCUT2D eigenvalue weighted by Gasteiger charge is 2.46. The molecule has 0 aliphatic carbocycles. The Labute approximate surface area is 252 Å². The molecule has 17 heteroatoms. The summed E-state index contributed by atoms with van der Waals surface area (Å²) >= 11 is 0. The number of anilines is 2. The van der Waals surface area contributed by atoms with Crippen LogP contribution in [0.2, 0.25) is 0 Å². The van der Waals surface area contributed by atoms with Gasteiger partial charge in [-0.15, -0.1) is 0 Å². The SMILES string of the molecule is COc1ncc(-c2ccc3nccc(N4CCNC[C@@H]4C)c3c2)cc1N(OC(=O)C(F)(F)F)S(=O)(=O)c1c(F)cc(F)cc1F. The van der Waals surface area contributed by atoms with Crippen LogP contribution in [0.4, 0.5) is 37.7 Å². The van der Waals surface area contributed by atoms with Crippen LogP contribution < -0.4 is 19.4 Å². The number of nitrogens with zero attached hydrogens (tertiary/aromatic N) is 4. The summed E-state index contributed by atoms with van der Waals surface area (Å²) in [4.78, 5) is 24.7. The van der Waals surface area contributed by atoms with E-state index in [0.717, 1.165) is 32.0 Å². The minimum Gasteiger partial charge on any atom is -0.479 e. The van der Waals surface area contributed by atoms with E-state index in [1.807, 2.05) is 13.0 Å². The molecule has 0 spiro atoms. The van der Waals surface area contributed by atoms with Crippen LogP contribution in [-0.4, -0.2) is 63.3 Å². The number of nitrogens with one attached hydrogen (secondary N) is 1. The number of carbonyl (C=O) groups excluding carboxylic acids is 1. The van der Waals surface area contributed by atoms with E-state index in [-0.39, 0.29) is 23.7 Å². The molecule has 0 amide bonds. The van der Waals surface area contributed by atoms with Gasteiger partial charge in [0.15, 0.2) is 10.6 Å². The Morgan fingerprint density at radius 3 is 2.40 bits per heavy atom. The molecule has 1 aliphatic heterocycles. The standard InChI is InChI=1S/C28H23F6N5O5S/c1-15-13-35-7-8-38(15)23-5-6-36-22-4-3-16(9-19(22)23)17-10-24(26(43-2)37-14-17)39(44-27(40)28(32,33)34)45(41,42)25-20(30)11-18(29)12-21(25)31/h3-6,9-12,14-15,35H,7-8,13H2,1-2H3/t15-/m0/s1. The molecular formula is C28H23F6N5O5S. The number of fused-ring (bicyclic) bond motifs is 1. The van der Waals surface area contributed by atoms with E-state index >= 15 is 0 Å². The number of pyridine rings is 2. The van der Waals surface area contributed by atoms with Crippen molar-refractivity contribution in [1.82, 2.24) is 15.3 Å². The molecule has 1 atom stereocenters. The molecule has 4 aromatic rings. The zero-order chi connectivity index (χ0) is 32.7. The van der Waals surface area contributed by atoms with Crippen molar-refractivity contribution in [2.45, 2.75) is 24.0 Å². The van der Waals surface area contributed by atoms with Crippen LogP contribution in [-0.2, 0) is 19.7 Å². The van der Waals surface area contributed by atoms with Crippen LogP contribution in [0.5, 0.6) is 5.88 Å². The first-order chi connectivity index (χ1) is 21.2. The summed E-state index contributed by atoms with van der Waals surface area (Å²) in [5.41, 5.74) is 0.948. The quantitative estimate of drug-likeness (QED) is 0.223. The van der Waals surface area contributed by atoms with Crippen molar-refractivity contribution in [3.05, 3.63) is 72.3 Å². The van der Waals surface area contributed by atoms with Gasteiger partial charge in [-0.3, -0.25) is 4.98 Å². The van der Waals surface area contributed by atoms with E-state index in [2.05, 4.69) is 25.0 Å². The number of sulfonamides is 1. The van der Waals surface area contributed by atoms with E-state index < -0.39 is 60.6 Å². The Balaban J connectivity index is 1.69. The van der Waals surface area contributed by atoms with Gasteiger partial charge in [0.2, 0.25) is 5.88 Å². The average Bonchev–Trinajstić information content (AvgIpc) is 2.98. The van der Waals surface area contributed by atoms with Gasteiger partial charge in [0.05, 0.1) is 12.6 Å².